The number of aliphatic imine (C=N–C) groups is 1. The van der Waals surface area contributed by atoms with Gasteiger partial charge in [-0.05, 0) is 46.2 Å². The Labute approximate surface area is 179 Å². The van der Waals surface area contributed by atoms with Gasteiger partial charge in [0.05, 0.1) is 18.8 Å². The van der Waals surface area contributed by atoms with E-state index in [0.717, 1.165) is 43.3 Å². The van der Waals surface area contributed by atoms with Gasteiger partial charge in [0.2, 0.25) is 5.88 Å². The van der Waals surface area contributed by atoms with Crippen molar-refractivity contribution in [1.82, 2.24) is 25.4 Å². The molecule has 0 saturated carbocycles. The summed E-state index contributed by atoms with van der Waals surface area (Å²) in [6.45, 7) is 11.8. The molecule has 0 amide bonds. The third-order valence-electron chi connectivity index (χ3n) is 3.83. The Morgan fingerprint density at radius 2 is 2.07 bits per heavy atom. The molecule has 0 spiro atoms. The summed E-state index contributed by atoms with van der Waals surface area (Å²) < 4.78 is 7.61. The van der Waals surface area contributed by atoms with Gasteiger partial charge in [0, 0.05) is 37.1 Å². The van der Waals surface area contributed by atoms with Gasteiger partial charge in [0.1, 0.15) is 0 Å². The minimum Gasteiger partial charge on any atom is -0.478 e. The van der Waals surface area contributed by atoms with Gasteiger partial charge in [0.15, 0.2) is 5.96 Å². The summed E-state index contributed by atoms with van der Waals surface area (Å²) in [5.74, 6) is 1.45. The van der Waals surface area contributed by atoms with Crippen LogP contribution in [0.3, 0.4) is 0 Å². The van der Waals surface area contributed by atoms with Gasteiger partial charge in [-0.2, -0.15) is 5.10 Å². The third-order valence-corrected chi connectivity index (χ3v) is 3.83. The summed E-state index contributed by atoms with van der Waals surface area (Å²) in [4.78, 5) is 8.91. The predicted molar refractivity (Wildman–Crippen MR) is 120 cm³/mol. The number of nitrogens with one attached hydrogen (secondary N) is 2. The number of halogens is 1. The fourth-order valence-corrected chi connectivity index (χ4v) is 2.65. The quantitative estimate of drug-likeness (QED) is 0.247. The van der Waals surface area contributed by atoms with Gasteiger partial charge in [-0.25, -0.2) is 9.98 Å². The Hall–Kier alpha value is -1.84. The highest BCUT2D eigenvalue weighted by Crippen LogP contribution is 2.15. The van der Waals surface area contributed by atoms with Crippen LogP contribution in [0.5, 0.6) is 5.88 Å². The van der Waals surface area contributed by atoms with Crippen molar-refractivity contribution in [2.24, 2.45) is 4.99 Å². The fourth-order valence-electron chi connectivity index (χ4n) is 2.65. The van der Waals surface area contributed by atoms with Gasteiger partial charge < -0.3 is 15.4 Å². The zero-order valence-electron chi connectivity index (χ0n) is 16.7. The molecule has 0 atom stereocenters. The van der Waals surface area contributed by atoms with Crippen LogP contribution in [-0.2, 0) is 13.1 Å². The first-order valence-electron chi connectivity index (χ1n) is 9.24. The van der Waals surface area contributed by atoms with Gasteiger partial charge in [-0.1, -0.05) is 6.07 Å². The summed E-state index contributed by atoms with van der Waals surface area (Å²) in [7, 11) is 0. The van der Waals surface area contributed by atoms with E-state index in [1.807, 2.05) is 30.7 Å². The lowest BCUT2D eigenvalue weighted by atomic mass is 10.3. The molecule has 2 aromatic heterocycles. The summed E-state index contributed by atoms with van der Waals surface area (Å²) >= 11 is 0. The van der Waals surface area contributed by atoms with E-state index >= 15 is 0 Å². The van der Waals surface area contributed by atoms with Crippen molar-refractivity contribution in [1.29, 1.82) is 0 Å². The van der Waals surface area contributed by atoms with Crippen LogP contribution in [0.15, 0.2) is 29.4 Å². The summed E-state index contributed by atoms with van der Waals surface area (Å²) in [5.41, 5.74) is 3.24. The maximum absolute atomic E-state index is 5.56. The lowest BCUT2D eigenvalue weighted by molar-refractivity contribution is 0.323. The second kappa shape index (κ2) is 12.5. The standard InChI is InChI=1S/C19H30N6O.HI/c1-5-20-19(22-11-8-12-25-16(4)13-15(3)24-25)23-14-17-9-7-10-21-18(17)26-6-2;/h7,9-10,13H,5-6,8,11-12,14H2,1-4H3,(H2,20,22,23);1H. The summed E-state index contributed by atoms with van der Waals surface area (Å²) in [6.07, 6.45) is 2.71. The van der Waals surface area contributed by atoms with E-state index < -0.39 is 0 Å². The molecule has 0 fully saturated rings. The van der Waals surface area contributed by atoms with Gasteiger partial charge in [0.25, 0.3) is 0 Å². The molecule has 0 aliphatic heterocycles. The molecule has 0 saturated heterocycles. The molecule has 8 heteroatoms. The molecule has 0 radical (unpaired) electrons. The molecule has 2 heterocycles. The highest BCUT2D eigenvalue weighted by Gasteiger charge is 2.05. The maximum Gasteiger partial charge on any atom is 0.218 e. The number of rotatable bonds is 9. The third kappa shape index (κ3) is 7.74. The van der Waals surface area contributed by atoms with E-state index in [1.54, 1.807) is 6.20 Å². The Morgan fingerprint density at radius 3 is 2.74 bits per heavy atom. The SMILES string of the molecule is CCNC(=NCc1cccnc1OCC)NCCCn1nc(C)cc1C.I. The number of ether oxygens (including phenoxy) is 1. The minimum atomic E-state index is 0. The van der Waals surface area contributed by atoms with Crippen LogP contribution < -0.4 is 15.4 Å². The minimum absolute atomic E-state index is 0. The number of pyridine rings is 1. The zero-order valence-corrected chi connectivity index (χ0v) is 19.0. The van der Waals surface area contributed by atoms with Crippen molar-refractivity contribution < 1.29 is 4.74 Å². The van der Waals surface area contributed by atoms with E-state index in [0.29, 0.717) is 19.0 Å². The topological polar surface area (TPSA) is 76.4 Å². The largest absolute Gasteiger partial charge is 0.478 e. The Bertz CT molecular complexity index is 716. The first kappa shape index (κ1) is 23.2. The van der Waals surface area contributed by atoms with Crippen molar-refractivity contribution in [3.05, 3.63) is 41.3 Å². The maximum atomic E-state index is 5.56. The molecule has 0 aromatic carbocycles. The van der Waals surface area contributed by atoms with E-state index in [2.05, 4.69) is 45.6 Å². The van der Waals surface area contributed by atoms with E-state index in [-0.39, 0.29) is 24.0 Å². The highest BCUT2D eigenvalue weighted by molar-refractivity contribution is 14.0. The van der Waals surface area contributed by atoms with Crippen LogP contribution in [0, 0.1) is 13.8 Å². The van der Waals surface area contributed by atoms with Gasteiger partial charge in [-0.3, -0.25) is 4.68 Å². The first-order chi connectivity index (χ1) is 12.6. The van der Waals surface area contributed by atoms with E-state index in [1.165, 1.54) is 5.69 Å². The Balaban J connectivity index is 0.00000364. The number of aromatic nitrogens is 3. The summed E-state index contributed by atoms with van der Waals surface area (Å²) in [5, 5.41) is 11.1. The van der Waals surface area contributed by atoms with Crippen molar-refractivity contribution in [2.75, 3.05) is 19.7 Å². The zero-order chi connectivity index (χ0) is 18.8. The number of nitrogens with zero attached hydrogens (tertiary/aromatic N) is 4. The molecule has 0 bridgehead atoms. The van der Waals surface area contributed by atoms with Crippen molar-refractivity contribution >= 4 is 29.9 Å². The number of aryl methyl sites for hydroxylation is 3. The Kier molecular flexibility index (Phi) is 10.8. The van der Waals surface area contributed by atoms with Gasteiger partial charge >= 0.3 is 0 Å². The molecular formula is C19H31IN6O. The van der Waals surface area contributed by atoms with Crippen molar-refractivity contribution in [3.8, 4) is 5.88 Å². The first-order valence-corrected chi connectivity index (χ1v) is 9.24. The molecule has 27 heavy (non-hydrogen) atoms. The van der Waals surface area contributed by atoms with Crippen LogP contribution in [0.1, 0.15) is 37.2 Å². The molecule has 0 aliphatic carbocycles. The predicted octanol–water partition coefficient (Wildman–Crippen LogP) is 3.06. The van der Waals surface area contributed by atoms with Crippen LogP contribution in [0.2, 0.25) is 0 Å². The average Bonchev–Trinajstić information content (AvgIpc) is 2.95. The number of guanidine groups is 1. The second-order valence-electron chi connectivity index (χ2n) is 6.03. The summed E-state index contributed by atoms with van der Waals surface area (Å²) in [6, 6.07) is 6.00. The van der Waals surface area contributed by atoms with Crippen LogP contribution >= 0.6 is 24.0 Å². The lowest BCUT2D eigenvalue weighted by Gasteiger charge is -2.12. The van der Waals surface area contributed by atoms with Crippen molar-refractivity contribution in [3.63, 3.8) is 0 Å². The molecule has 7 nitrogen and oxygen atoms in total. The molecule has 0 unspecified atom stereocenters. The van der Waals surface area contributed by atoms with E-state index in [4.69, 9.17) is 4.74 Å². The number of hydrogen-bond acceptors (Lipinski definition) is 4. The van der Waals surface area contributed by atoms with Gasteiger partial charge in [-0.15, -0.1) is 24.0 Å². The molecule has 2 N–H and O–H groups in total. The molecule has 2 rings (SSSR count). The average molecular weight is 486 g/mol. The highest BCUT2D eigenvalue weighted by atomic mass is 127. The molecular weight excluding hydrogens is 455 g/mol. The normalized spacial score (nSPS) is 11.0. The van der Waals surface area contributed by atoms with Crippen molar-refractivity contribution in [2.45, 2.75) is 47.2 Å². The smallest absolute Gasteiger partial charge is 0.218 e. The molecule has 150 valence electrons. The van der Waals surface area contributed by atoms with Crippen LogP contribution in [0.25, 0.3) is 0 Å². The monoisotopic (exact) mass is 486 g/mol. The van der Waals surface area contributed by atoms with Crippen LogP contribution in [0.4, 0.5) is 0 Å². The molecule has 0 aliphatic rings. The lowest BCUT2D eigenvalue weighted by Crippen LogP contribution is -2.38. The van der Waals surface area contributed by atoms with E-state index in [9.17, 15) is 0 Å². The Morgan fingerprint density at radius 1 is 1.26 bits per heavy atom. The molecule has 2 aromatic rings. The number of hydrogen-bond donors (Lipinski definition) is 2. The van der Waals surface area contributed by atoms with Crippen LogP contribution in [-0.4, -0.2) is 40.4 Å². The second-order valence-corrected chi connectivity index (χ2v) is 6.03. The fraction of sp³-hybridized carbons (Fsp3) is 0.526.